The average molecular weight is 231 g/mol. The van der Waals surface area contributed by atoms with Gasteiger partial charge in [0.25, 0.3) is 0 Å². The maximum absolute atomic E-state index is 3.90. The molecule has 0 saturated heterocycles. The van der Waals surface area contributed by atoms with E-state index in [0.29, 0.717) is 3.92 Å². The highest BCUT2D eigenvalue weighted by molar-refractivity contribution is 14.1. The van der Waals surface area contributed by atoms with Crippen molar-refractivity contribution in [1.82, 2.24) is 0 Å². The Morgan fingerprint density at radius 1 is 1.22 bits per heavy atom. The van der Waals surface area contributed by atoms with Crippen LogP contribution in [0.3, 0.4) is 0 Å². The summed E-state index contributed by atoms with van der Waals surface area (Å²) in [5.41, 5.74) is 1.29. The molecule has 1 radical (unpaired) electrons. The van der Waals surface area contributed by atoms with Crippen LogP contribution in [0.25, 0.3) is 0 Å². The molecule has 1 aromatic carbocycles. The molecule has 0 aliphatic rings. The molecule has 0 aliphatic heterocycles. The number of hydrogen-bond acceptors (Lipinski definition) is 0. The van der Waals surface area contributed by atoms with Gasteiger partial charge in [-0.3, -0.25) is 0 Å². The highest BCUT2D eigenvalue weighted by Gasteiger charge is 1.95. The summed E-state index contributed by atoms with van der Waals surface area (Å²) in [6.07, 6.45) is 0. The first-order valence-electron chi connectivity index (χ1n) is 2.83. The molecule has 0 heterocycles. The van der Waals surface area contributed by atoms with Gasteiger partial charge in [-0.1, -0.05) is 52.9 Å². The van der Waals surface area contributed by atoms with Crippen molar-refractivity contribution < 1.29 is 0 Å². The topological polar surface area (TPSA) is 0 Å². The van der Waals surface area contributed by atoms with Crippen molar-refractivity contribution in [2.24, 2.45) is 0 Å². The monoisotopic (exact) mass is 231 g/mol. The third-order valence-electron chi connectivity index (χ3n) is 1.16. The summed E-state index contributed by atoms with van der Waals surface area (Å²) in [5, 5.41) is 0. The van der Waals surface area contributed by atoms with E-state index in [9.17, 15) is 0 Å². The number of rotatable bonds is 1. The van der Waals surface area contributed by atoms with Gasteiger partial charge in [-0.25, -0.2) is 0 Å². The summed E-state index contributed by atoms with van der Waals surface area (Å²) < 4.78 is 0.379. The number of benzene rings is 1. The molecule has 1 heteroatoms. The summed E-state index contributed by atoms with van der Waals surface area (Å²) >= 11 is 2.30. The van der Waals surface area contributed by atoms with Crippen LogP contribution in [-0.4, -0.2) is 0 Å². The standard InChI is InChI=1S/C8H8I/c1-7(9)8-5-3-2-4-6-8/h2-7H,1H2. The second kappa shape index (κ2) is 3.20. The number of halogens is 1. The lowest BCUT2D eigenvalue weighted by atomic mass is 10.2. The van der Waals surface area contributed by atoms with E-state index in [0.717, 1.165) is 0 Å². The van der Waals surface area contributed by atoms with Gasteiger partial charge in [0.1, 0.15) is 0 Å². The smallest absolute Gasteiger partial charge is 0.0360 e. The van der Waals surface area contributed by atoms with Crippen LogP contribution in [0.2, 0.25) is 0 Å². The van der Waals surface area contributed by atoms with E-state index in [1.807, 2.05) is 18.2 Å². The maximum atomic E-state index is 3.90. The zero-order chi connectivity index (χ0) is 6.69. The molecule has 0 nitrogen and oxygen atoms in total. The fourth-order valence-corrected chi connectivity index (χ4v) is 1.08. The van der Waals surface area contributed by atoms with E-state index in [-0.39, 0.29) is 0 Å². The minimum absolute atomic E-state index is 0.379. The highest BCUT2D eigenvalue weighted by Crippen LogP contribution is 2.20. The normalized spacial score (nSPS) is 13.1. The van der Waals surface area contributed by atoms with E-state index in [1.165, 1.54) is 5.56 Å². The Morgan fingerprint density at radius 3 is 2.11 bits per heavy atom. The van der Waals surface area contributed by atoms with Crippen molar-refractivity contribution in [2.45, 2.75) is 3.92 Å². The third kappa shape index (κ3) is 1.97. The Morgan fingerprint density at radius 2 is 1.78 bits per heavy atom. The molecule has 1 unspecified atom stereocenters. The summed E-state index contributed by atoms with van der Waals surface area (Å²) in [6.45, 7) is 3.90. The first kappa shape index (κ1) is 7.06. The van der Waals surface area contributed by atoms with Crippen LogP contribution in [0.4, 0.5) is 0 Å². The van der Waals surface area contributed by atoms with E-state index in [2.05, 4.69) is 41.6 Å². The molecule has 0 aromatic heterocycles. The van der Waals surface area contributed by atoms with E-state index in [4.69, 9.17) is 0 Å². The fourth-order valence-electron chi connectivity index (χ4n) is 0.662. The Kier molecular flexibility index (Phi) is 2.51. The van der Waals surface area contributed by atoms with Crippen LogP contribution in [0.1, 0.15) is 9.49 Å². The summed E-state index contributed by atoms with van der Waals surface area (Å²) in [5.74, 6) is 0. The second-order valence-electron chi connectivity index (χ2n) is 1.88. The minimum Gasteiger partial charge on any atom is -0.0774 e. The molecule has 1 atom stereocenters. The summed E-state index contributed by atoms with van der Waals surface area (Å²) in [6, 6.07) is 10.3. The van der Waals surface area contributed by atoms with Gasteiger partial charge in [0.05, 0.1) is 0 Å². The fraction of sp³-hybridized carbons (Fsp3) is 0.125. The molecule has 0 spiro atoms. The van der Waals surface area contributed by atoms with Crippen molar-refractivity contribution in [3.63, 3.8) is 0 Å². The van der Waals surface area contributed by atoms with Crippen LogP contribution in [0.15, 0.2) is 30.3 Å². The SMILES string of the molecule is [CH2]C(I)c1ccccc1. The van der Waals surface area contributed by atoms with Gasteiger partial charge in [-0.2, -0.15) is 0 Å². The molecule has 47 valence electrons. The van der Waals surface area contributed by atoms with Crippen LogP contribution in [-0.2, 0) is 0 Å². The molecule has 0 N–H and O–H groups in total. The molecular weight excluding hydrogens is 223 g/mol. The lowest BCUT2D eigenvalue weighted by Gasteiger charge is -1.99. The Bertz CT molecular complexity index is 167. The molecular formula is C8H8I. The zero-order valence-electron chi connectivity index (χ0n) is 5.05. The molecule has 9 heavy (non-hydrogen) atoms. The molecule has 1 aromatic rings. The van der Waals surface area contributed by atoms with Gasteiger partial charge in [0, 0.05) is 3.92 Å². The van der Waals surface area contributed by atoms with Crippen molar-refractivity contribution in [3.05, 3.63) is 42.8 Å². The van der Waals surface area contributed by atoms with E-state index < -0.39 is 0 Å². The van der Waals surface area contributed by atoms with E-state index in [1.54, 1.807) is 0 Å². The number of hydrogen-bond donors (Lipinski definition) is 0. The molecule has 0 aliphatic carbocycles. The van der Waals surface area contributed by atoms with Gasteiger partial charge in [0.15, 0.2) is 0 Å². The van der Waals surface area contributed by atoms with Crippen molar-refractivity contribution in [3.8, 4) is 0 Å². The van der Waals surface area contributed by atoms with Crippen LogP contribution >= 0.6 is 22.6 Å². The van der Waals surface area contributed by atoms with Gasteiger partial charge in [0.2, 0.25) is 0 Å². The van der Waals surface area contributed by atoms with Crippen molar-refractivity contribution in [1.29, 1.82) is 0 Å². The molecule has 0 saturated carbocycles. The van der Waals surface area contributed by atoms with Gasteiger partial charge in [-0.15, -0.1) is 0 Å². The van der Waals surface area contributed by atoms with Gasteiger partial charge >= 0.3 is 0 Å². The van der Waals surface area contributed by atoms with Gasteiger partial charge in [-0.05, 0) is 12.5 Å². The zero-order valence-corrected chi connectivity index (χ0v) is 7.21. The Labute approximate surface area is 69.4 Å². The minimum atomic E-state index is 0.379. The lowest BCUT2D eigenvalue weighted by molar-refractivity contribution is 1.28. The van der Waals surface area contributed by atoms with Crippen LogP contribution < -0.4 is 0 Å². The Hall–Kier alpha value is -0.0500. The first-order chi connectivity index (χ1) is 4.30. The van der Waals surface area contributed by atoms with E-state index >= 15 is 0 Å². The second-order valence-corrected chi connectivity index (χ2v) is 3.38. The lowest BCUT2D eigenvalue weighted by Crippen LogP contribution is -1.79. The van der Waals surface area contributed by atoms with Crippen molar-refractivity contribution in [2.75, 3.05) is 0 Å². The maximum Gasteiger partial charge on any atom is 0.0360 e. The predicted octanol–water partition coefficient (Wildman–Crippen LogP) is 3.00. The average Bonchev–Trinajstić information content (AvgIpc) is 1.90. The quantitative estimate of drug-likeness (QED) is 0.514. The first-order valence-corrected chi connectivity index (χ1v) is 4.07. The largest absolute Gasteiger partial charge is 0.0774 e. The van der Waals surface area contributed by atoms with Gasteiger partial charge < -0.3 is 0 Å². The molecule has 0 bridgehead atoms. The third-order valence-corrected chi connectivity index (χ3v) is 1.88. The van der Waals surface area contributed by atoms with Crippen molar-refractivity contribution >= 4 is 22.6 Å². The molecule has 0 fully saturated rings. The molecule has 0 amide bonds. The summed E-state index contributed by atoms with van der Waals surface area (Å²) in [7, 11) is 0. The predicted molar refractivity (Wildman–Crippen MR) is 48.6 cm³/mol. The Balaban J connectivity index is 2.85. The molecule has 1 rings (SSSR count). The van der Waals surface area contributed by atoms with Crippen LogP contribution in [0, 0.1) is 6.92 Å². The van der Waals surface area contributed by atoms with Crippen LogP contribution in [0.5, 0.6) is 0 Å². The summed E-state index contributed by atoms with van der Waals surface area (Å²) in [4.78, 5) is 0. The number of alkyl halides is 1. The highest BCUT2D eigenvalue weighted by atomic mass is 127.